The predicted octanol–water partition coefficient (Wildman–Crippen LogP) is 4.01. The third kappa shape index (κ3) is 2.90. The maximum Gasteiger partial charge on any atom is 0.258 e. The molecule has 1 aliphatic carbocycles. The fourth-order valence-electron chi connectivity index (χ4n) is 2.43. The van der Waals surface area contributed by atoms with E-state index in [1.54, 1.807) is 30.3 Å². The molecule has 6 heteroatoms. The predicted molar refractivity (Wildman–Crippen MR) is 86.1 cm³/mol. The molecular weight excluding hydrogens is 309 g/mol. The number of hydrogen-bond acceptors (Lipinski definition) is 4. The number of hydrogen-bond donors (Lipinski definition) is 1. The van der Waals surface area contributed by atoms with Gasteiger partial charge in [-0.05, 0) is 37.1 Å². The van der Waals surface area contributed by atoms with Crippen molar-refractivity contribution in [3.63, 3.8) is 0 Å². The molecule has 0 bridgehead atoms. The Morgan fingerprint density at radius 2 is 2.00 bits per heavy atom. The highest BCUT2D eigenvalue weighted by Crippen LogP contribution is 2.39. The smallest absolute Gasteiger partial charge is 0.258 e. The monoisotopic (exact) mass is 323 g/mol. The second-order valence-corrected chi connectivity index (χ2v) is 5.75. The summed E-state index contributed by atoms with van der Waals surface area (Å²) in [5, 5.41) is 6.67. The molecule has 1 fully saturated rings. The molecule has 0 unspecified atom stereocenters. The molecule has 1 aliphatic rings. The zero-order valence-corrected chi connectivity index (χ0v) is 12.7. The Balaban J connectivity index is 1.56. The zero-order chi connectivity index (χ0) is 16.5. The number of halogens is 1. The van der Waals surface area contributed by atoms with Gasteiger partial charge in [0.1, 0.15) is 5.82 Å². The molecule has 0 aliphatic heterocycles. The van der Waals surface area contributed by atoms with Gasteiger partial charge in [0.2, 0.25) is 11.7 Å². The molecule has 24 heavy (non-hydrogen) atoms. The van der Waals surface area contributed by atoms with Crippen molar-refractivity contribution in [2.45, 2.75) is 18.8 Å². The van der Waals surface area contributed by atoms with Crippen molar-refractivity contribution < 1.29 is 13.7 Å². The molecule has 2 aromatic carbocycles. The van der Waals surface area contributed by atoms with Gasteiger partial charge >= 0.3 is 0 Å². The number of amides is 1. The van der Waals surface area contributed by atoms with Crippen LogP contribution in [0.2, 0.25) is 0 Å². The van der Waals surface area contributed by atoms with Crippen molar-refractivity contribution in [3.8, 4) is 11.4 Å². The van der Waals surface area contributed by atoms with E-state index in [0.717, 1.165) is 18.4 Å². The lowest BCUT2D eigenvalue weighted by Crippen LogP contribution is -2.13. The van der Waals surface area contributed by atoms with E-state index >= 15 is 0 Å². The molecule has 5 nitrogen and oxygen atoms in total. The first-order valence-electron chi connectivity index (χ1n) is 7.70. The van der Waals surface area contributed by atoms with Crippen LogP contribution >= 0.6 is 0 Å². The Morgan fingerprint density at radius 3 is 2.79 bits per heavy atom. The molecule has 1 heterocycles. The van der Waals surface area contributed by atoms with Crippen LogP contribution in [0.15, 0.2) is 53.1 Å². The quantitative estimate of drug-likeness (QED) is 0.788. The van der Waals surface area contributed by atoms with Gasteiger partial charge in [0.15, 0.2) is 0 Å². The largest absolute Gasteiger partial charge is 0.339 e. The van der Waals surface area contributed by atoms with Crippen LogP contribution in [0.25, 0.3) is 11.4 Å². The molecule has 1 saturated carbocycles. The van der Waals surface area contributed by atoms with Crippen LogP contribution in [0, 0.1) is 5.82 Å². The van der Waals surface area contributed by atoms with E-state index < -0.39 is 11.7 Å². The topological polar surface area (TPSA) is 68.0 Å². The third-order valence-electron chi connectivity index (χ3n) is 3.87. The first-order valence-corrected chi connectivity index (χ1v) is 7.70. The van der Waals surface area contributed by atoms with Crippen LogP contribution in [0.1, 0.15) is 35.0 Å². The Bertz CT molecular complexity index is 903. The van der Waals surface area contributed by atoms with Crippen molar-refractivity contribution in [2.75, 3.05) is 5.32 Å². The average molecular weight is 323 g/mol. The molecule has 0 saturated heterocycles. The van der Waals surface area contributed by atoms with Gasteiger partial charge in [0, 0.05) is 17.2 Å². The van der Waals surface area contributed by atoms with Gasteiger partial charge in [0.05, 0.1) is 5.56 Å². The van der Waals surface area contributed by atoms with Crippen LogP contribution in [-0.4, -0.2) is 16.0 Å². The Hall–Kier alpha value is -3.02. The van der Waals surface area contributed by atoms with E-state index in [0.29, 0.717) is 23.3 Å². The van der Waals surface area contributed by atoms with Crippen LogP contribution < -0.4 is 5.32 Å². The highest BCUT2D eigenvalue weighted by Gasteiger charge is 2.29. The second-order valence-electron chi connectivity index (χ2n) is 5.75. The number of rotatable bonds is 4. The SMILES string of the molecule is O=C(Nc1cccc(-c2noc(C3CC3)n2)c1)c1ccccc1F. The summed E-state index contributed by atoms with van der Waals surface area (Å²) < 4.78 is 18.9. The summed E-state index contributed by atoms with van der Waals surface area (Å²) in [6.07, 6.45) is 2.17. The minimum absolute atomic E-state index is 0.00140. The molecule has 1 amide bonds. The summed E-state index contributed by atoms with van der Waals surface area (Å²) in [7, 11) is 0. The highest BCUT2D eigenvalue weighted by atomic mass is 19.1. The lowest BCUT2D eigenvalue weighted by molar-refractivity contribution is 0.102. The molecule has 0 atom stereocenters. The third-order valence-corrected chi connectivity index (χ3v) is 3.87. The summed E-state index contributed by atoms with van der Waals surface area (Å²) in [4.78, 5) is 16.6. The van der Waals surface area contributed by atoms with Crippen molar-refractivity contribution in [3.05, 3.63) is 65.8 Å². The number of nitrogens with one attached hydrogen (secondary N) is 1. The van der Waals surface area contributed by atoms with Crippen molar-refractivity contribution in [1.29, 1.82) is 0 Å². The van der Waals surface area contributed by atoms with Gasteiger partial charge < -0.3 is 9.84 Å². The summed E-state index contributed by atoms with van der Waals surface area (Å²) in [6.45, 7) is 0. The first kappa shape index (κ1) is 14.6. The van der Waals surface area contributed by atoms with Gasteiger partial charge in [-0.25, -0.2) is 4.39 Å². The number of benzene rings is 2. The second kappa shape index (κ2) is 5.88. The number of carbonyl (C=O) groups excluding carboxylic acids is 1. The maximum atomic E-state index is 13.7. The normalized spacial score (nSPS) is 13.7. The standard InChI is InChI=1S/C18H14FN3O2/c19-15-7-2-1-6-14(15)17(23)20-13-5-3-4-12(10-13)16-21-18(24-22-16)11-8-9-11/h1-7,10-11H,8-9H2,(H,20,23). The molecule has 3 aromatic rings. The lowest BCUT2D eigenvalue weighted by atomic mass is 10.1. The molecular formula is C18H14FN3O2. The molecule has 120 valence electrons. The van der Waals surface area contributed by atoms with Crippen molar-refractivity contribution in [1.82, 2.24) is 10.1 Å². The van der Waals surface area contributed by atoms with Crippen LogP contribution in [-0.2, 0) is 0 Å². The molecule has 1 N–H and O–H groups in total. The number of aromatic nitrogens is 2. The minimum atomic E-state index is -0.557. The zero-order valence-electron chi connectivity index (χ0n) is 12.7. The molecule has 4 rings (SSSR count). The van der Waals surface area contributed by atoms with Crippen LogP contribution in [0.5, 0.6) is 0 Å². The van der Waals surface area contributed by atoms with E-state index in [1.807, 2.05) is 6.07 Å². The van der Waals surface area contributed by atoms with E-state index in [-0.39, 0.29) is 5.56 Å². The molecule has 1 aromatic heterocycles. The van der Waals surface area contributed by atoms with Gasteiger partial charge in [0.25, 0.3) is 5.91 Å². The Morgan fingerprint density at radius 1 is 1.17 bits per heavy atom. The molecule has 0 radical (unpaired) electrons. The number of carbonyl (C=O) groups is 1. The summed E-state index contributed by atoms with van der Waals surface area (Å²) in [6, 6.07) is 12.9. The average Bonchev–Trinajstić information content (AvgIpc) is 3.32. The minimum Gasteiger partial charge on any atom is -0.339 e. The fourth-order valence-corrected chi connectivity index (χ4v) is 2.43. The first-order chi connectivity index (χ1) is 11.7. The summed E-state index contributed by atoms with van der Waals surface area (Å²) in [5.41, 5.74) is 1.27. The Labute approximate surface area is 137 Å². The lowest BCUT2D eigenvalue weighted by Gasteiger charge is -2.06. The Kier molecular flexibility index (Phi) is 3.57. The summed E-state index contributed by atoms with van der Waals surface area (Å²) in [5.74, 6) is 0.468. The van der Waals surface area contributed by atoms with Gasteiger partial charge in [-0.3, -0.25) is 4.79 Å². The summed E-state index contributed by atoms with van der Waals surface area (Å²) >= 11 is 0. The van der Waals surface area contributed by atoms with Crippen LogP contribution in [0.4, 0.5) is 10.1 Å². The van der Waals surface area contributed by atoms with Crippen molar-refractivity contribution in [2.24, 2.45) is 0 Å². The number of anilines is 1. The van der Waals surface area contributed by atoms with E-state index in [9.17, 15) is 9.18 Å². The fraction of sp³-hybridized carbons (Fsp3) is 0.167. The number of nitrogens with zero attached hydrogens (tertiary/aromatic N) is 2. The maximum absolute atomic E-state index is 13.7. The van der Waals surface area contributed by atoms with Gasteiger partial charge in [-0.15, -0.1) is 0 Å². The van der Waals surface area contributed by atoms with E-state index in [2.05, 4.69) is 15.5 Å². The van der Waals surface area contributed by atoms with Crippen molar-refractivity contribution >= 4 is 11.6 Å². The molecule has 0 spiro atoms. The van der Waals surface area contributed by atoms with E-state index in [4.69, 9.17) is 4.52 Å². The van der Waals surface area contributed by atoms with Gasteiger partial charge in [-0.2, -0.15) is 4.98 Å². The van der Waals surface area contributed by atoms with E-state index in [1.165, 1.54) is 12.1 Å². The highest BCUT2D eigenvalue weighted by molar-refractivity contribution is 6.04. The van der Waals surface area contributed by atoms with Crippen LogP contribution in [0.3, 0.4) is 0 Å². The van der Waals surface area contributed by atoms with Gasteiger partial charge in [-0.1, -0.05) is 29.4 Å².